The van der Waals surface area contributed by atoms with Gasteiger partial charge in [0.05, 0.1) is 28.1 Å². The Balaban J connectivity index is 1.31. The first-order valence-electron chi connectivity index (χ1n) is 15.6. The minimum Gasteiger partial charge on any atom is -0.489 e. The second-order valence-corrected chi connectivity index (χ2v) is 15.0. The molecule has 256 valence electrons. The molecule has 2 fully saturated rings. The summed E-state index contributed by atoms with van der Waals surface area (Å²) in [6, 6.07) is 9.43. The number of carbonyl (C=O) groups is 2. The van der Waals surface area contributed by atoms with Crippen LogP contribution in [-0.2, 0) is 27.2 Å². The van der Waals surface area contributed by atoms with Gasteiger partial charge in [0.2, 0.25) is 5.91 Å². The maximum Gasteiger partial charge on any atom is 0.387 e. The summed E-state index contributed by atoms with van der Waals surface area (Å²) in [5, 5.41) is 11.6. The van der Waals surface area contributed by atoms with E-state index in [1.165, 1.54) is 18.5 Å². The van der Waals surface area contributed by atoms with E-state index in [-0.39, 0.29) is 45.3 Å². The summed E-state index contributed by atoms with van der Waals surface area (Å²) in [6.45, 7) is -0.569. The van der Waals surface area contributed by atoms with Gasteiger partial charge in [0, 0.05) is 43.0 Å². The molecule has 1 saturated carbocycles. The molecule has 3 atom stereocenters. The van der Waals surface area contributed by atoms with Crippen molar-refractivity contribution in [1.82, 2.24) is 9.29 Å². The first-order valence-corrected chi connectivity index (χ1v) is 17.6. The normalized spacial score (nSPS) is 19.3. The van der Waals surface area contributed by atoms with Gasteiger partial charge in [-0.3, -0.25) is 14.6 Å². The van der Waals surface area contributed by atoms with Crippen LogP contribution in [0.5, 0.6) is 11.5 Å². The number of esters is 1. The molecule has 1 unspecified atom stereocenters. The number of carbonyl (C=O) groups excluding carboxylic acids is 2. The summed E-state index contributed by atoms with van der Waals surface area (Å²) in [6.07, 6.45) is 5.44. The van der Waals surface area contributed by atoms with Crippen LogP contribution in [0.4, 0.5) is 14.5 Å². The number of aliphatic hydroxyl groups is 1. The van der Waals surface area contributed by atoms with Crippen LogP contribution in [0.25, 0.3) is 0 Å². The molecule has 14 heteroatoms. The van der Waals surface area contributed by atoms with Crippen LogP contribution in [-0.4, -0.2) is 64.2 Å². The van der Waals surface area contributed by atoms with E-state index in [2.05, 4.69) is 4.98 Å². The van der Waals surface area contributed by atoms with Crippen LogP contribution in [0.1, 0.15) is 55.4 Å². The Bertz CT molecular complexity index is 1730. The second kappa shape index (κ2) is 14.7. The van der Waals surface area contributed by atoms with Crippen molar-refractivity contribution >= 4 is 56.5 Å². The molecule has 2 aromatic carbocycles. The number of halogens is 4. The summed E-state index contributed by atoms with van der Waals surface area (Å²) in [7, 11) is 0.748. The smallest absolute Gasteiger partial charge is 0.387 e. The van der Waals surface area contributed by atoms with E-state index in [4.69, 9.17) is 37.4 Å². The predicted octanol–water partition coefficient (Wildman–Crippen LogP) is 7.54. The van der Waals surface area contributed by atoms with E-state index < -0.39 is 35.4 Å². The topological polar surface area (TPSA) is 101 Å². The van der Waals surface area contributed by atoms with Crippen LogP contribution in [0.2, 0.25) is 10.0 Å². The molecule has 9 nitrogen and oxygen atoms in total. The number of hydrogen-bond donors (Lipinski definition) is 1. The molecule has 1 amide bonds. The van der Waals surface area contributed by atoms with Crippen molar-refractivity contribution < 1.29 is 37.7 Å². The Morgan fingerprint density at radius 2 is 1.85 bits per heavy atom. The number of alkyl halides is 2. The van der Waals surface area contributed by atoms with E-state index >= 15 is 0 Å². The van der Waals surface area contributed by atoms with Gasteiger partial charge in [0.25, 0.3) is 0 Å². The molecular weight excluding hydrogens is 687 g/mol. The minimum absolute atomic E-state index is 0.00953. The lowest BCUT2D eigenvalue weighted by atomic mass is 10.0. The van der Waals surface area contributed by atoms with Crippen molar-refractivity contribution in [1.29, 1.82) is 0 Å². The Hall–Kier alpha value is -3.29. The molecule has 0 radical (unpaired) electrons. The molecule has 0 bridgehead atoms. The fourth-order valence-corrected chi connectivity index (χ4v) is 8.70. The Morgan fingerprint density at radius 1 is 1.10 bits per heavy atom. The third-order valence-electron chi connectivity index (χ3n) is 8.67. The number of ether oxygens (including phenoxy) is 3. The summed E-state index contributed by atoms with van der Waals surface area (Å²) >= 11 is 13.0. The molecule has 0 spiro atoms. The Labute approximate surface area is 289 Å². The van der Waals surface area contributed by atoms with Gasteiger partial charge >= 0.3 is 12.6 Å². The number of amides is 1. The number of pyridine rings is 1. The van der Waals surface area contributed by atoms with E-state index in [0.717, 1.165) is 29.0 Å². The average molecular weight is 723 g/mol. The van der Waals surface area contributed by atoms with Gasteiger partial charge in [-0.2, -0.15) is 8.78 Å². The minimum atomic E-state index is -3.05. The average Bonchev–Trinajstić information content (AvgIpc) is 3.67. The van der Waals surface area contributed by atoms with Crippen LogP contribution in [0.15, 0.2) is 53.7 Å². The van der Waals surface area contributed by atoms with Gasteiger partial charge in [-0.15, -0.1) is 0 Å². The predicted molar refractivity (Wildman–Crippen MR) is 181 cm³/mol. The molecule has 3 aliphatic rings. The standard InChI is InChI=1S/C34H35Cl2F2N3O6S/c1-19(42)48(23-8-9-27-22(12-23)14-32(43)40(27)2)41-11-3-4-28(41)33(44)46-30(15-24-25(35)16-39-17-26(24)36)21-7-10-29(47-34(37)38)31(13-21)45-18-20-5-6-20/h7-10,12-13,16-17,20,28,30,34,42H,3-6,11,14-15,18H2,1-2H3/t28-,30-,48?/m0/s1. The molecule has 1 aliphatic carbocycles. The maximum atomic E-state index is 14.1. The zero-order valence-corrected chi connectivity index (χ0v) is 28.7. The second-order valence-electron chi connectivity index (χ2n) is 12.1. The third kappa shape index (κ3) is 7.63. The first kappa shape index (κ1) is 34.6. The first-order chi connectivity index (χ1) is 23.0. The number of aliphatic hydroxyl groups excluding tert-OH is 1. The van der Waals surface area contributed by atoms with E-state index in [9.17, 15) is 23.5 Å². The quantitative estimate of drug-likeness (QED) is 0.151. The summed E-state index contributed by atoms with van der Waals surface area (Å²) < 4.78 is 45.3. The van der Waals surface area contributed by atoms with Gasteiger partial charge < -0.3 is 24.2 Å². The van der Waals surface area contributed by atoms with Crippen molar-refractivity contribution in [3.8, 4) is 11.5 Å². The van der Waals surface area contributed by atoms with Gasteiger partial charge in [-0.1, -0.05) is 39.9 Å². The number of aromatic nitrogens is 1. The van der Waals surface area contributed by atoms with Crippen molar-refractivity contribution in [2.45, 2.75) is 69.1 Å². The number of likely N-dealkylation sites (N-methyl/N-ethyl adjacent to an activating group) is 1. The number of fused-ring (bicyclic) bond motifs is 1. The number of rotatable bonds is 12. The zero-order valence-electron chi connectivity index (χ0n) is 26.3. The van der Waals surface area contributed by atoms with E-state index in [0.29, 0.717) is 43.0 Å². The zero-order chi connectivity index (χ0) is 34.1. The highest BCUT2D eigenvalue weighted by atomic mass is 35.5. The van der Waals surface area contributed by atoms with Crippen molar-refractivity contribution in [2.24, 2.45) is 5.92 Å². The number of hydrogen-bond acceptors (Lipinski definition) is 7. The molecule has 48 heavy (non-hydrogen) atoms. The highest BCUT2D eigenvalue weighted by molar-refractivity contribution is 8.13. The third-order valence-corrected chi connectivity index (χ3v) is 11.5. The van der Waals surface area contributed by atoms with Gasteiger partial charge in [-0.25, -0.2) is 4.31 Å². The fourth-order valence-electron chi connectivity index (χ4n) is 6.02. The van der Waals surface area contributed by atoms with Crippen LogP contribution in [0.3, 0.4) is 0 Å². The summed E-state index contributed by atoms with van der Waals surface area (Å²) in [5.74, 6) is -0.201. The lowest BCUT2D eigenvalue weighted by Gasteiger charge is -2.30. The number of benzene rings is 2. The Kier molecular flexibility index (Phi) is 10.6. The fraction of sp³-hybridized carbons (Fsp3) is 0.412. The highest BCUT2D eigenvalue weighted by Gasteiger charge is 2.37. The maximum absolute atomic E-state index is 14.1. The molecular formula is C34H35Cl2F2N3O6S. The SMILES string of the molecule is C/C(O)=S(/c1ccc2c(c1)CC(=O)N2C)N1CCC[C@H]1C(=O)O[C@@H](Cc1c(Cl)cncc1Cl)c1ccc(OC(F)F)c(OCC2CC2)c1. The largest absolute Gasteiger partial charge is 0.489 e. The Morgan fingerprint density at radius 3 is 2.54 bits per heavy atom. The van der Waals surface area contributed by atoms with E-state index in [1.807, 2.05) is 22.5 Å². The lowest BCUT2D eigenvalue weighted by molar-refractivity contribution is -0.153. The molecule has 1 N–H and O–H groups in total. The monoisotopic (exact) mass is 721 g/mol. The van der Waals surface area contributed by atoms with Crippen molar-refractivity contribution in [3.05, 3.63) is 75.5 Å². The molecule has 6 rings (SSSR count). The lowest BCUT2D eigenvalue weighted by Crippen LogP contribution is -2.35. The number of nitrogens with zero attached hydrogens (tertiary/aromatic N) is 3. The van der Waals surface area contributed by atoms with Crippen LogP contribution >= 0.6 is 33.9 Å². The molecule has 1 saturated heterocycles. The molecule has 3 aromatic rings. The van der Waals surface area contributed by atoms with Crippen molar-refractivity contribution in [2.75, 3.05) is 25.1 Å². The highest BCUT2D eigenvalue weighted by Crippen LogP contribution is 2.43. The number of anilines is 1. The van der Waals surface area contributed by atoms with Gasteiger partial charge in [-0.05, 0) is 85.5 Å². The molecule has 2 aliphatic heterocycles. The van der Waals surface area contributed by atoms with E-state index in [1.54, 1.807) is 31.0 Å². The van der Waals surface area contributed by atoms with Crippen LogP contribution in [0, 0.1) is 5.92 Å². The van der Waals surface area contributed by atoms with Crippen LogP contribution < -0.4 is 14.4 Å². The molecule has 1 aromatic heterocycles. The summed E-state index contributed by atoms with van der Waals surface area (Å²) in [4.78, 5) is 32.9. The van der Waals surface area contributed by atoms with Crippen molar-refractivity contribution in [3.63, 3.8) is 0 Å². The molecule has 3 heterocycles. The summed E-state index contributed by atoms with van der Waals surface area (Å²) in [5.41, 5.74) is 2.66. The van der Waals surface area contributed by atoms with Gasteiger partial charge in [0.15, 0.2) is 11.5 Å². The van der Waals surface area contributed by atoms with Gasteiger partial charge in [0.1, 0.15) is 12.1 Å².